The Labute approximate surface area is 103 Å². The molecule has 1 amide bonds. The van der Waals surface area contributed by atoms with Crippen molar-refractivity contribution < 1.29 is 9.90 Å². The Morgan fingerprint density at radius 2 is 2.12 bits per heavy atom. The lowest BCUT2D eigenvalue weighted by Gasteiger charge is -2.46. The van der Waals surface area contributed by atoms with Crippen molar-refractivity contribution in [1.29, 1.82) is 0 Å². The van der Waals surface area contributed by atoms with Crippen molar-refractivity contribution in [1.82, 2.24) is 10.2 Å². The molecule has 2 saturated carbocycles. The molecule has 2 fully saturated rings. The Bertz CT molecular complexity index is 283. The van der Waals surface area contributed by atoms with E-state index in [1.807, 2.05) is 14.1 Å². The van der Waals surface area contributed by atoms with Crippen LogP contribution in [-0.4, -0.2) is 48.2 Å². The molecule has 0 bridgehead atoms. The summed E-state index contributed by atoms with van der Waals surface area (Å²) < 4.78 is 0. The van der Waals surface area contributed by atoms with Crippen molar-refractivity contribution in [3.63, 3.8) is 0 Å². The van der Waals surface area contributed by atoms with Crippen LogP contribution in [0, 0.1) is 5.92 Å². The van der Waals surface area contributed by atoms with Crippen LogP contribution in [0.15, 0.2) is 0 Å². The van der Waals surface area contributed by atoms with Gasteiger partial charge in [0, 0.05) is 12.6 Å². The monoisotopic (exact) mass is 240 g/mol. The molecule has 1 unspecified atom stereocenters. The molecule has 4 nitrogen and oxygen atoms in total. The molecule has 17 heavy (non-hydrogen) atoms. The van der Waals surface area contributed by atoms with Crippen molar-refractivity contribution in [3.8, 4) is 0 Å². The summed E-state index contributed by atoms with van der Waals surface area (Å²) in [5.41, 5.74) is -0.275. The highest BCUT2D eigenvalue weighted by atomic mass is 16.3. The minimum atomic E-state index is -0.275. The lowest BCUT2D eigenvalue weighted by Crippen LogP contribution is -2.62. The molecule has 0 saturated heterocycles. The summed E-state index contributed by atoms with van der Waals surface area (Å²) >= 11 is 0. The summed E-state index contributed by atoms with van der Waals surface area (Å²) in [5, 5.41) is 12.2. The van der Waals surface area contributed by atoms with E-state index >= 15 is 0 Å². The third kappa shape index (κ3) is 2.47. The molecule has 0 spiro atoms. The van der Waals surface area contributed by atoms with Crippen molar-refractivity contribution in [2.24, 2.45) is 5.92 Å². The van der Waals surface area contributed by atoms with E-state index in [9.17, 15) is 4.79 Å². The topological polar surface area (TPSA) is 52.6 Å². The number of aliphatic hydroxyl groups excluding tert-OH is 1. The zero-order valence-electron chi connectivity index (χ0n) is 10.9. The number of likely N-dealkylation sites (N-methyl/N-ethyl adjacent to an activating group) is 1. The van der Waals surface area contributed by atoms with Crippen molar-refractivity contribution in [2.75, 3.05) is 20.7 Å². The third-order valence-corrected chi connectivity index (χ3v) is 4.41. The molecule has 0 radical (unpaired) electrons. The van der Waals surface area contributed by atoms with Crippen LogP contribution in [-0.2, 0) is 4.79 Å². The van der Waals surface area contributed by atoms with Crippen LogP contribution in [0.3, 0.4) is 0 Å². The second-order valence-corrected chi connectivity index (χ2v) is 5.71. The van der Waals surface area contributed by atoms with Gasteiger partial charge in [-0.1, -0.05) is 0 Å². The zero-order valence-corrected chi connectivity index (χ0v) is 10.9. The Morgan fingerprint density at radius 1 is 1.47 bits per heavy atom. The van der Waals surface area contributed by atoms with E-state index in [0.717, 1.165) is 19.3 Å². The lowest BCUT2D eigenvalue weighted by atomic mass is 9.74. The molecule has 0 aromatic rings. The molecule has 2 N–H and O–H groups in total. The Balaban J connectivity index is 1.94. The number of hydrogen-bond acceptors (Lipinski definition) is 3. The molecular weight excluding hydrogens is 216 g/mol. The van der Waals surface area contributed by atoms with Crippen LogP contribution >= 0.6 is 0 Å². The quantitative estimate of drug-likeness (QED) is 0.720. The van der Waals surface area contributed by atoms with Gasteiger partial charge in [0.05, 0.1) is 5.54 Å². The van der Waals surface area contributed by atoms with Gasteiger partial charge in [-0.05, 0) is 58.5 Å². The van der Waals surface area contributed by atoms with Gasteiger partial charge < -0.3 is 10.4 Å². The lowest BCUT2D eigenvalue weighted by molar-refractivity contribution is -0.138. The highest BCUT2D eigenvalue weighted by Crippen LogP contribution is 2.38. The predicted molar refractivity (Wildman–Crippen MR) is 66.6 cm³/mol. The summed E-state index contributed by atoms with van der Waals surface area (Å²) in [5.74, 6) is 0.768. The first kappa shape index (κ1) is 12.8. The number of amides is 1. The zero-order chi connectivity index (χ0) is 12.5. The average Bonchev–Trinajstić information content (AvgIpc) is 2.97. The van der Waals surface area contributed by atoms with E-state index < -0.39 is 0 Å². The molecule has 0 aromatic carbocycles. The predicted octanol–water partition coefficient (Wildman–Crippen LogP) is 0.748. The maximum absolute atomic E-state index is 12.4. The fourth-order valence-corrected chi connectivity index (χ4v) is 2.76. The number of rotatable bonds is 6. The molecule has 98 valence electrons. The highest BCUT2D eigenvalue weighted by Gasteiger charge is 2.47. The Morgan fingerprint density at radius 3 is 2.47 bits per heavy atom. The number of carbonyl (C=O) groups excluding carboxylic acids is 1. The molecular formula is C13H24N2O2. The molecule has 4 heteroatoms. The van der Waals surface area contributed by atoms with Crippen molar-refractivity contribution >= 4 is 5.91 Å². The summed E-state index contributed by atoms with van der Waals surface area (Å²) in [6, 6.07) is 0.185. The smallest absolute Gasteiger partial charge is 0.240 e. The molecule has 1 atom stereocenters. The minimum absolute atomic E-state index is 0.163. The maximum Gasteiger partial charge on any atom is 0.240 e. The van der Waals surface area contributed by atoms with Gasteiger partial charge in [-0.3, -0.25) is 9.69 Å². The van der Waals surface area contributed by atoms with Gasteiger partial charge in [0.1, 0.15) is 0 Å². The highest BCUT2D eigenvalue weighted by molar-refractivity contribution is 5.87. The summed E-state index contributed by atoms with van der Waals surface area (Å²) in [7, 11) is 3.97. The molecule has 2 aliphatic rings. The van der Waals surface area contributed by atoms with Crippen LogP contribution in [0.4, 0.5) is 0 Å². The number of carbonyl (C=O) groups is 1. The standard InChI is InChI=1S/C13H24N2O2/c1-15(2)13(7-3-8-13)12(17)14-11(6-9-16)10-4-5-10/h10-11,16H,3-9H2,1-2H3,(H,14,17). The van der Waals surface area contributed by atoms with Gasteiger partial charge >= 0.3 is 0 Å². The van der Waals surface area contributed by atoms with Gasteiger partial charge in [-0.15, -0.1) is 0 Å². The molecule has 0 heterocycles. The van der Waals surface area contributed by atoms with E-state index in [1.165, 1.54) is 12.8 Å². The van der Waals surface area contributed by atoms with Crippen LogP contribution < -0.4 is 5.32 Å². The third-order valence-electron chi connectivity index (χ3n) is 4.41. The summed E-state index contributed by atoms with van der Waals surface area (Å²) in [4.78, 5) is 14.4. The fourth-order valence-electron chi connectivity index (χ4n) is 2.76. The van der Waals surface area contributed by atoms with Crippen molar-refractivity contribution in [3.05, 3.63) is 0 Å². The van der Waals surface area contributed by atoms with E-state index in [1.54, 1.807) is 0 Å². The SMILES string of the molecule is CN(C)C1(C(=O)NC(CCO)C2CC2)CCC1. The van der Waals surface area contributed by atoms with E-state index in [4.69, 9.17) is 5.11 Å². The number of hydrogen-bond donors (Lipinski definition) is 2. The second-order valence-electron chi connectivity index (χ2n) is 5.71. The summed E-state index contributed by atoms with van der Waals surface area (Å²) in [6.45, 7) is 0.163. The largest absolute Gasteiger partial charge is 0.396 e. The second kappa shape index (κ2) is 4.94. The minimum Gasteiger partial charge on any atom is -0.396 e. The number of aliphatic hydroxyl groups is 1. The molecule has 0 aliphatic heterocycles. The van der Waals surface area contributed by atoms with Crippen LogP contribution in [0.1, 0.15) is 38.5 Å². The first-order valence-electron chi connectivity index (χ1n) is 6.69. The number of nitrogens with zero attached hydrogens (tertiary/aromatic N) is 1. The van der Waals surface area contributed by atoms with Gasteiger partial charge in [0.15, 0.2) is 0 Å². The number of nitrogens with one attached hydrogen (secondary N) is 1. The normalized spacial score (nSPS) is 24.2. The van der Waals surface area contributed by atoms with Gasteiger partial charge in [-0.25, -0.2) is 0 Å². The van der Waals surface area contributed by atoms with Gasteiger partial charge in [0.2, 0.25) is 5.91 Å². The summed E-state index contributed by atoms with van der Waals surface area (Å²) in [6.07, 6.45) is 6.14. The maximum atomic E-state index is 12.4. The van der Waals surface area contributed by atoms with Crippen molar-refractivity contribution in [2.45, 2.75) is 50.1 Å². The van der Waals surface area contributed by atoms with Crippen LogP contribution in [0.25, 0.3) is 0 Å². The van der Waals surface area contributed by atoms with Gasteiger partial charge in [0.25, 0.3) is 0 Å². The Hall–Kier alpha value is -0.610. The van der Waals surface area contributed by atoms with E-state index in [-0.39, 0.29) is 24.1 Å². The molecule has 2 aliphatic carbocycles. The first-order valence-corrected chi connectivity index (χ1v) is 6.69. The van der Waals surface area contributed by atoms with E-state index in [0.29, 0.717) is 12.3 Å². The molecule has 0 aromatic heterocycles. The first-order chi connectivity index (χ1) is 8.10. The average molecular weight is 240 g/mol. The molecule has 2 rings (SSSR count). The fraction of sp³-hybridized carbons (Fsp3) is 0.923. The van der Waals surface area contributed by atoms with Gasteiger partial charge in [-0.2, -0.15) is 0 Å². The van der Waals surface area contributed by atoms with Crippen LogP contribution in [0.5, 0.6) is 0 Å². The van der Waals surface area contributed by atoms with Crippen LogP contribution in [0.2, 0.25) is 0 Å². The Kier molecular flexibility index (Phi) is 3.73. The van der Waals surface area contributed by atoms with E-state index in [2.05, 4.69) is 10.2 Å².